The van der Waals surface area contributed by atoms with E-state index in [0.717, 1.165) is 12.1 Å². The third kappa shape index (κ3) is 2.31. The van der Waals surface area contributed by atoms with Crippen LogP contribution in [0.3, 0.4) is 0 Å². The number of benzene rings is 1. The normalized spacial score (nSPS) is 12.8. The molecule has 2 rings (SSSR count). The zero-order chi connectivity index (χ0) is 12.3. The van der Waals surface area contributed by atoms with Gasteiger partial charge in [0, 0.05) is 13.2 Å². The van der Waals surface area contributed by atoms with Crippen LogP contribution in [0, 0.1) is 0 Å². The van der Waals surface area contributed by atoms with Crippen LogP contribution in [0.25, 0.3) is 11.0 Å². The average molecular weight is 236 g/mol. The van der Waals surface area contributed by atoms with Crippen LogP contribution in [-0.2, 0) is 4.74 Å². The third-order valence-electron chi connectivity index (χ3n) is 2.67. The van der Waals surface area contributed by atoms with Gasteiger partial charge in [-0.3, -0.25) is 0 Å². The summed E-state index contributed by atoms with van der Waals surface area (Å²) in [6.45, 7) is 2.72. The van der Waals surface area contributed by atoms with Crippen LogP contribution in [0.2, 0.25) is 0 Å². The average Bonchev–Trinajstić information content (AvgIpc) is 2.82. The first-order valence-electron chi connectivity index (χ1n) is 5.52. The van der Waals surface area contributed by atoms with Crippen LogP contribution < -0.4 is 11.1 Å². The predicted molar refractivity (Wildman–Crippen MR) is 65.8 cm³/mol. The zero-order valence-corrected chi connectivity index (χ0v) is 9.93. The Labute approximate surface area is 99.1 Å². The SMILES string of the molecule is CCC(COC)Nc1ccc(N)c2nonc12. The molecule has 1 aromatic carbocycles. The lowest BCUT2D eigenvalue weighted by molar-refractivity contribution is 0.184. The van der Waals surface area contributed by atoms with Crippen LogP contribution in [-0.4, -0.2) is 30.1 Å². The van der Waals surface area contributed by atoms with E-state index >= 15 is 0 Å². The van der Waals surface area contributed by atoms with Crippen LogP contribution in [0.5, 0.6) is 0 Å². The molecule has 0 radical (unpaired) electrons. The maximum absolute atomic E-state index is 5.78. The van der Waals surface area contributed by atoms with Crippen LogP contribution in [0.1, 0.15) is 13.3 Å². The molecule has 1 atom stereocenters. The van der Waals surface area contributed by atoms with Crippen molar-refractivity contribution in [2.45, 2.75) is 19.4 Å². The summed E-state index contributed by atoms with van der Waals surface area (Å²) in [6, 6.07) is 3.89. The van der Waals surface area contributed by atoms with Gasteiger partial charge in [0.05, 0.1) is 18.0 Å². The Morgan fingerprint density at radius 2 is 2.18 bits per heavy atom. The van der Waals surface area contributed by atoms with Crippen LogP contribution >= 0.6 is 0 Å². The predicted octanol–water partition coefficient (Wildman–Crippen LogP) is 1.64. The minimum atomic E-state index is 0.225. The van der Waals surface area contributed by atoms with E-state index < -0.39 is 0 Å². The van der Waals surface area contributed by atoms with Crippen molar-refractivity contribution in [1.29, 1.82) is 0 Å². The van der Waals surface area contributed by atoms with Gasteiger partial charge in [0.1, 0.15) is 0 Å². The molecule has 1 heterocycles. The van der Waals surface area contributed by atoms with Gasteiger partial charge < -0.3 is 15.8 Å². The van der Waals surface area contributed by atoms with E-state index in [4.69, 9.17) is 15.1 Å². The van der Waals surface area contributed by atoms with Crippen molar-refractivity contribution in [3.05, 3.63) is 12.1 Å². The Morgan fingerprint density at radius 1 is 1.41 bits per heavy atom. The lowest BCUT2D eigenvalue weighted by Gasteiger charge is -2.17. The second kappa shape index (κ2) is 5.01. The van der Waals surface area contributed by atoms with Crippen LogP contribution in [0.15, 0.2) is 16.8 Å². The van der Waals surface area contributed by atoms with Gasteiger partial charge >= 0.3 is 0 Å². The quantitative estimate of drug-likeness (QED) is 0.767. The standard InChI is InChI=1S/C11H16N4O2/c1-3-7(6-16-2)13-9-5-4-8(12)10-11(9)15-17-14-10/h4-5,7,13H,3,6,12H2,1-2H3. The molecule has 17 heavy (non-hydrogen) atoms. The summed E-state index contributed by atoms with van der Waals surface area (Å²) in [5.74, 6) is 0. The first-order chi connectivity index (χ1) is 8.26. The van der Waals surface area contributed by atoms with Gasteiger partial charge in [0.15, 0.2) is 11.0 Å². The minimum Gasteiger partial charge on any atom is -0.397 e. The summed E-state index contributed by atoms with van der Waals surface area (Å²) in [7, 11) is 1.68. The monoisotopic (exact) mass is 236 g/mol. The lowest BCUT2D eigenvalue weighted by Crippen LogP contribution is -2.24. The molecule has 0 saturated heterocycles. The highest BCUT2D eigenvalue weighted by Crippen LogP contribution is 2.25. The fourth-order valence-corrected chi connectivity index (χ4v) is 1.68. The number of methoxy groups -OCH3 is 1. The van der Waals surface area contributed by atoms with E-state index in [0.29, 0.717) is 23.3 Å². The van der Waals surface area contributed by atoms with E-state index in [1.807, 2.05) is 6.07 Å². The van der Waals surface area contributed by atoms with E-state index in [9.17, 15) is 0 Å². The second-order valence-corrected chi connectivity index (χ2v) is 3.87. The number of hydrogen-bond acceptors (Lipinski definition) is 6. The minimum absolute atomic E-state index is 0.225. The molecule has 3 N–H and O–H groups in total. The molecule has 0 saturated carbocycles. The maximum Gasteiger partial charge on any atom is 0.160 e. The second-order valence-electron chi connectivity index (χ2n) is 3.87. The molecule has 6 heteroatoms. The number of anilines is 2. The summed E-state index contributed by atoms with van der Waals surface area (Å²) in [4.78, 5) is 0. The molecular weight excluding hydrogens is 220 g/mol. The number of fused-ring (bicyclic) bond motifs is 1. The van der Waals surface area contributed by atoms with Gasteiger partial charge in [-0.1, -0.05) is 6.92 Å². The fourth-order valence-electron chi connectivity index (χ4n) is 1.68. The Bertz CT molecular complexity index is 497. The Morgan fingerprint density at radius 3 is 2.88 bits per heavy atom. The summed E-state index contributed by atoms with van der Waals surface area (Å²) in [5, 5.41) is 11.0. The highest BCUT2D eigenvalue weighted by atomic mass is 16.6. The van der Waals surface area contributed by atoms with E-state index in [1.54, 1.807) is 13.2 Å². The molecule has 0 aliphatic carbocycles. The number of aromatic nitrogens is 2. The largest absolute Gasteiger partial charge is 0.397 e. The van der Waals surface area contributed by atoms with Gasteiger partial charge in [0.2, 0.25) is 0 Å². The molecule has 0 amide bonds. The van der Waals surface area contributed by atoms with Crippen molar-refractivity contribution in [2.75, 3.05) is 24.8 Å². The molecule has 92 valence electrons. The molecular formula is C11H16N4O2. The Hall–Kier alpha value is -1.82. The molecule has 6 nitrogen and oxygen atoms in total. The van der Waals surface area contributed by atoms with Crippen molar-refractivity contribution in [3.8, 4) is 0 Å². The third-order valence-corrected chi connectivity index (χ3v) is 2.67. The van der Waals surface area contributed by atoms with Gasteiger partial charge in [-0.25, -0.2) is 4.63 Å². The molecule has 0 aliphatic rings. The number of hydrogen-bond donors (Lipinski definition) is 2. The number of nitrogen functional groups attached to an aromatic ring is 1. The highest BCUT2D eigenvalue weighted by molar-refractivity contribution is 5.95. The molecule has 1 aromatic heterocycles. The summed E-state index contributed by atoms with van der Waals surface area (Å²) in [5.41, 5.74) is 8.44. The number of ether oxygens (including phenoxy) is 1. The summed E-state index contributed by atoms with van der Waals surface area (Å²) < 4.78 is 9.85. The van der Waals surface area contributed by atoms with Crippen molar-refractivity contribution < 1.29 is 9.37 Å². The number of nitrogens with zero attached hydrogens (tertiary/aromatic N) is 2. The molecule has 2 aromatic rings. The first-order valence-corrected chi connectivity index (χ1v) is 5.52. The molecule has 0 fully saturated rings. The number of nitrogens with two attached hydrogens (primary N) is 1. The smallest absolute Gasteiger partial charge is 0.160 e. The number of nitrogens with one attached hydrogen (secondary N) is 1. The van der Waals surface area contributed by atoms with E-state index in [1.165, 1.54) is 0 Å². The Balaban J connectivity index is 2.29. The van der Waals surface area contributed by atoms with Gasteiger partial charge in [-0.2, -0.15) is 0 Å². The summed E-state index contributed by atoms with van der Waals surface area (Å²) >= 11 is 0. The maximum atomic E-state index is 5.78. The van der Waals surface area contributed by atoms with Gasteiger partial charge in [0.25, 0.3) is 0 Å². The topological polar surface area (TPSA) is 86.2 Å². The lowest BCUT2D eigenvalue weighted by atomic mass is 10.2. The molecule has 1 unspecified atom stereocenters. The van der Waals surface area contributed by atoms with Gasteiger partial charge in [-0.15, -0.1) is 0 Å². The van der Waals surface area contributed by atoms with Crippen LogP contribution in [0.4, 0.5) is 11.4 Å². The number of rotatable bonds is 5. The Kier molecular flexibility index (Phi) is 3.43. The van der Waals surface area contributed by atoms with E-state index in [-0.39, 0.29) is 6.04 Å². The van der Waals surface area contributed by atoms with Crippen molar-refractivity contribution >= 4 is 22.4 Å². The van der Waals surface area contributed by atoms with Crippen molar-refractivity contribution in [1.82, 2.24) is 10.3 Å². The zero-order valence-electron chi connectivity index (χ0n) is 9.93. The molecule has 0 spiro atoms. The fraction of sp³-hybridized carbons (Fsp3) is 0.455. The van der Waals surface area contributed by atoms with Gasteiger partial charge in [-0.05, 0) is 28.9 Å². The summed E-state index contributed by atoms with van der Waals surface area (Å²) in [6.07, 6.45) is 0.949. The van der Waals surface area contributed by atoms with E-state index in [2.05, 4.69) is 22.6 Å². The first kappa shape index (κ1) is 11.7. The highest BCUT2D eigenvalue weighted by Gasteiger charge is 2.13. The van der Waals surface area contributed by atoms with Crippen molar-refractivity contribution in [2.24, 2.45) is 0 Å². The molecule has 0 aliphatic heterocycles. The van der Waals surface area contributed by atoms with Crippen molar-refractivity contribution in [3.63, 3.8) is 0 Å². The molecule has 0 bridgehead atoms.